The molecule has 0 aromatic heterocycles. The third-order valence-corrected chi connectivity index (χ3v) is 2.51. The molecule has 0 atom stereocenters. The topological polar surface area (TPSA) is 38.7 Å². The van der Waals surface area contributed by atoms with E-state index in [4.69, 9.17) is 9.47 Å². The largest absolute Gasteiger partial charge is 0.504 e. The van der Waals surface area contributed by atoms with Gasteiger partial charge in [-0.25, -0.2) is 4.39 Å². The minimum atomic E-state index is -0.398. The third-order valence-electron chi connectivity index (χ3n) is 2.51. The van der Waals surface area contributed by atoms with Gasteiger partial charge in [0.25, 0.3) is 0 Å². The first-order valence-corrected chi connectivity index (χ1v) is 5.44. The van der Waals surface area contributed by atoms with Gasteiger partial charge in [0.1, 0.15) is 18.2 Å². The maximum Gasteiger partial charge on any atom is 0.161 e. The Morgan fingerprint density at radius 3 is 2.61 bits per heavy atom. The van der Waals surface area contributed by atoms with Crippen molar-refractivity contribution in [1.29, 1.82) is 0 Å². The number of aromatic hydroxyl groups is 1. The van der Waals surface area contributed by atoms with E-state index in [0.29, 0.717) is 17.1 Å². The van der Waals surface area contributed by atoms with E-state index in [2.05, 4.69) is 0 Å². The Labute approximate surface area is 104 Å². The van der Waals surface area contributed by atoms with E-state index < -0.39 is 5.82 Å². The van der Waals surface area contributed by atoms with Crippen LogP contribution in [0.2, 0.25) is 0 Å². The first-order chi connectivity index (χ1) is 8.70. The van der Waals surface area contributed by atoms with Crippen LogP contribution < -0.4 is 9.47 Å². The van der Waals surface area contributed by atoms with Gasteiger partial charge in [0.2, 0.25) is 0 Å². The van der Waals surface area contributed by atoms with E-state index in [1.807, 2.05) is 0 Å². The lowest BCUT2D eigenvalue weighted by molar-refractivity contribution is 0.283. The van der Waals surface area contributed by atoms with Crippen LogP contribution in [0.5, 0.6) is 17.2 Å². The number of benzene rings is 2. The molecule has 3 nitrogen and oxygen atoms in total. The van der Waals surface area contributed by atoms with Crippen molar-refractivity contribution >= 4 is 0 Å². The van der Waals surface area contributed by atoms with Crippen molar-refractivity contribution in [2.24, 2.45) is 0 Å². The van der Waals surface area contributed by atoms with Gasteiger partial charge in [-0.15, -0.1) is 0 Å². The van der Waals surface area contributed by atoms with Gasteiger partial charge in [-0.1, -0.05) is 12.1 Å². The van der Waals surface area contributed by atoms with Gasteiger partial charge in [0.15, 0.2) is 11.5 Å². The summed E-state index contributed by atoms with van der Waals surface area (Å²) in [5.41, 5.74) is 0.402. The van der Waals surface area contributed by atoms with Gasteiger partial charge in [-0.2, -0.15) is 0 Å². The lowest BCUT2D eigenvalue weighted by atomic mass is 10.2. The van der Waals surface area contributed by atoms with E-state index in [1.54, 1.807) is 30.3 Å². The molecule has 0 aliphatic rings. The SMILES string of the molecule is COc1ccc(COc2ccccc2O)c(F)c1. The number of para-hydroxylation sites is 2. The van der Waals surface area contributed by atoms with Crippen molar-refractivity contribution in [3.63, 3.8) is 0 Å². The zero-order chi connectivity index (χ0) is 13.0. The molecule has 18 heavy (non-hydrogen) atoms. The van der Waals surface area contributed by atoms with Crippen LogP contribution in [0.3, 0.4) is 0 Å². The van der Waals surface area contributed by atoms with E-state index in [-0.39, 0.29) is 12.4 Å². The molecular weight excluding hydrogens is 235 g/mol. The molecule has 4 heteroatoms. The second-order valence-corrected chi connectivity index (χ2v) is 3.71. The fraction of sp³-hybridized carbons (Fsp3) is 0.143. The van der Waals surface area contributed by atoms with Crippen LogP contribution in [0.4, 0.5) is 4.39 Å². The monoisotopic (exact) mass is 248 g/mol. The van der Waals surface area contributed by atoms with E-state index in [1.165, 1.54) is 19.2 Å². The molecule has 0 bridgehead atoms. The van der Waals surface area contributed by atoms with Crippen LogP contribution >= 0.6 is 0 Å². The Bertz CT molecular complexity index is 540. The van der Waals surface area contributed by atoms with Crippen molar-refractivity contribution in [2.75, 3.05) is 7.11 Å². The van der Waals surface area contributed by atoms with E-state index >= 15 is 0 Å². The number of hydrogen-bond acceptors (Lipinski definition) is 3. The molecule has 94 valence electrons. The van der Waals surface area contributed by atoms with E-state index in [9.17, 15) is 9.50 Å². The van der Waals surface area contributed by atoms with Gasteiger partial charge in [0.05, 0.1) is 7.11 Å². The molecule has 0 saturated heterocycles. The second-order valence-electron chi connectivity index (χ2n) is 3.71. The van der Waals surface area contributed by atoms with Crippen molar-refractivity contribution in [3.8, 4) is 17.2 Å². The van der Waals surface area contributed by atoms with Crippen molar-refractivity contribution < 1.29 is 19.0 Å². The molecule has 0 aliphatic heterocycles. The van der Waals surface area contributed by atoms with Crippen LogP contribution in [0.1, 0.15) is 5.56 Å². The summed E-state index contributed by atoms with van der Waals surface area (Å²) in [6, 6.07) is 11.1. The molecule has 0 unspecified atom stereocenters. The number of ether oxygens (including phenoxy) is 2. The van der Waals surface area contributed by atoms with Crippen LogP contribution in [0.15, 0.2) is 42.5 Å². The summed E-state index contributed by atoms with van der Waals surface area (Å²) in [4.78, 5) is 0. The summed E-state index contributed by atoms with van der Waals surface area (Å²) in [6.07, 6.45) is 0. The molecule has 2 aromatic carbocycles. The Balaban J connectivity index is 2.09. The minimum Gasteiger partial charge on any atom is -0.504 e. The Morgan fingerprint density at radius 1 is 1.17 bits per heavy atom. The number of methoxy groups -OCH3 is 1. The number of halogens is 1. The molecule has 0 heterocycles. The summed E-state index contributed by atoms with van der Waals surface area (Å²) in [5.74, 6) is 0.419. The summed E-state index contributed by atoms with van der Waals surface area (Å²) in [5, 5.41) is 9.50. The summed E-state index contributed by atoms with van der Waals surface area (Å²) >= 11 is 0. The van der Waals surface area contributed by atoms with E-state index in [0.717, 1.165) is 0 Å². The lowest BCUT2D eigenvalue weighted by Gasteiger charge is -2.09. The standard InChI is InChI=1S/C14H13FO3/c1-17-11-7-6-10(12(15)8-11)9-18-14-5-3-2-4-13(14)16/h2-8,16H,9H2,1H3. The third kappa shape index (κ3) is 2.71. The molecule has 0 amide bonds. The first-order valence-electron chi connectivity index (χ1n) is 5.44. The Hall–Kier alpha value is -2.23. The average molecular weight is 248 g/mol. The maximum atomic E-state index is 13.6. The van der Waals surface area contributed by atoms with Crippen LogP contribution in [0.25, 0.3) is 0 Å². The zero-order valence-electron chi connectivity index (χ0n) is 9.89. The quantitative estimate of drug-likeness (QED) is 0.903. The summed E-state index contributed by atoms with van der Waals surface area (Å²) < 4.78 is 23.9. The van der Waals surface area contributed by atoms with Gasteiger partial charge in [-0.05, 0) is 24.3 Å². The normalized spacial score (nSPS) is 10.1. The number of phenols is 1. The highest BCUT2D eigenvalue weighted by Gasteiger charge is 2.06. The molecular formula is C14H13FO3. The second kappa shape index (κ2) is 5.40. The number of rotatable bonds is 4. The highest BCUT2D eigenvalue weighted by molar-refractivity contribution is 5.38. The van der Waals surface area contributed by atoms with Gasteiger partial charge in [-0.3, -0.25) is 0 Å². The predicted molar refractivity (Wildman–Crippen MR) is 65.4 cm³/mol. The predicted octanol–water partition coefficient (Wildman–Crippen LogP) is 3.12. The zero-order valence-corrected chi connectivity index (χ0v) is 9.89. The van der Waals surface area contributed by atoms with Crippen LogP contribution in [-0.2, 0) is 6.61 Å². The summed E-state index contributed by atoms with van der Waals surface area (Å²) in [7, 11) is 1.48. The lowest BCUT2D eigenvalue weighted by Crippen LogP contribution is -1.99. The molecule has 0 radical (unpaired) electrons. The smallest absolute Gasteiger partial charge is 0.161 e. The van der Waals surface area contributed by atoms with Crippen LogP contribution in [0, 0.1) is 5.82 Å². The molecule has 1 N–H and O–H groups in total. The van der Waals surface area contributed by atoms with Crippen molar-refractivity contribution in [2.45, 2.75) is 6.61 Å². The Kier molecular flexibility index (Phi) is 3.67. The summed E-state index contributed by atoms with van der Waals surface area (Å²) in [6.45, 7) is 0.0490. The molecule has 2 rings (SSSR count). The molecule has 0 spiro atoms. The average Bonchev–Trinajstić information content (AvgIpc) is 2.39. The van der Waals surface area contributed by atoms with Gasteiger partial charge in [0, 0.05) is 11.6 Å². The number of hydrogen-bond donors (Lipinski definition) is 1. The van der Waals surface area contributed by atoms with Crippen molar-refractivity contribution in [1.82, 2.24) is 0 Å². The Morgan fingerprint density at radius 2 is 1.94 bits per heavy atom. The number of phenolic OH excluding ortho intramolecular Hbond substituents is 1. The van der Waals surface area contributed by atoms with Crippen LogP contribution in [-0.4, -0.2) is 12.2 Å². The maximum absolute atomic E-state index is 13.6. The fourth-order valence-electron chi connectivity index (χ4n) is 1.51. The first kappa shape index (κ1) is 12.2. The molecule has 2 aromatic rings. The van der Waals surface area contributed by atoms with Gasteiger partial charge >= 0.3 is 0 Å². The molecule has 0 saturated carbocycles. The van der Waals surface area contributed by atoms with Gasteiger partial charge < -0.3 is 14.6 Å². The highest BCUT2D eigenvalue weighted by Crippen LogP contribution is 2.26. The fourth-order valence-corrected chi connectivity index (χ4v) is 1.51. The van der Waals surface area contributed by atoms with Crippen molar-refractivity contribution in [3.05, 3.63) is 53.8 Å². The molecule has 0 aliphatic carbocycles. The minimum absolute atomic E-state index is 0.0337. The molecule has 0 fully saturated rings. The highest BCUT2D eigenvalue weighted by atomic mass is 19.1.